The SMILES string of the molecule is C/C(=C\O/C=C/[C@H]1O[C@@H]2OC(C)(C)O[C@@H]2[C@H]1OCc1ccccc1)c1ccccc1. The third-order valence-corrected chi connectivity index (χ3v) is 5.13. The van der Waals surface area contributed by atoms with Crippen LogP contribution < -0.4 is 0 Å². The van der Waals surface area contributed by atoms with E-state index in [4.69, 9.17) is 23.7 Å². The third-order valence-electron chi connectivity index (χ3n) is 5.13. The van der Waals surface area contributed by atoms with E-state index in [2.05, 4.69) is 0 Å². The number of hydrogen-bond donors (Lipinski definition) is 0. The fourth-order valence-corrected chi connectivity index (χ4v) is 3.65. The molecule has 2 aromatic carbocycles. The molecular weight excluding hydrogens is 380 g/mol. The molecule has 4 atom stereocenters. The summed E-state index contributed by atoms with van der Waals surface area (Å²) in [6.45, 7) is 6.25. The van der Waals surface area contributed by atoms with Gasteiger partial charge in [0.15, 0.2) is 12.1 Å². The van der Waals surface area contributed by atoms with E-state index in [1.165, 1.54) is 0 Å². The molecular formula is C25H28O5. The highest BCUT2D eigenvalue weighted by Crippen LogP contribution is 2.39. The Morgan fingerprint density at radius 1 is 1.00 bits per heavy atom. The number of benzene rings is 2. The average Bonchev–Trinajstić information content (AvgIpc) is 3.22. The van der Waals surface area contributed by atoms with Gasteiger partial charge in [0.1, 0.15) is 18.3 Å². The van der Waals surface area contributed by atoms with E-state index >= 15 is 0 Å². The Morgan fingerprint density at radius 3 is 2.43 bits per heavy atom. The summed E-state index contributed by atoms with van der Waals surface area (Å²) in [5.41, 5.74) is 3.25. The lowest BCUT2D eigenvalue weighted by molar-refractivity contribution is -0.213. The molecule has 0 saturated carbocycles. The first kappa shape index (κ1) is 20.8. The lowest BCUT2D eigenvalue weighted by Gasteiger charge is -2.24. The second kappa shape index (κ2) is 9.14. The molecule has 158 valence electrons. The van der Waals surface area contributed by atoms with Crippen molar-refractivity contribution < 1.29 is 23.7 Å². The van der Waals surface area contributed by atoms with E-state index in [1.807, 2.05) is 87.5 Å². The van der Waals surface area contributed by atoms with Gasteiger partial charge >= 0.3 is 0 Å². The maximum absolute atomic E-state index is 6.20. The second-order valence-corrected chi connectivity index (χ2v) is 7.96. The van der Waals surface area contributed by atoms with Crippen molar-refractivity contribution >= 4 is 5.57 Å². The van der Waals surface area contributed by atoms with E-state index in [1.54, 1.807) is 12.5 Å². The molecule has 2 aliphatic rings. The lowest BCUT2D eigenvalue weighted by Crippen LogP contribution is -2.36. The summed E-state index contributed by atoms with van der Waals surface area (Å²) in [5.74, 6) is -0.690. The van der Waals surface area contributed by atoms with Crippen LogP contribution in [0.4, 0.5) is 0 Å². The van der Waals surface area contributed by atoms with Gasteiger partial charge in [-0.25, -0.2) is 0 Å². The molecule has 2 aromatic rings. The molecule has 0 bridgehead atoms. The fraction of sp³-hybridized carbons (Fsp3) is 0.360. The molecule has 5 nitrogen and oxygen atoms in total. The van der Waals surface area contributed by atoms with Crippen molar-refractivity contribution in [2.75, 3.05) is 0 Å². The molecule has 0 radical (unpaired) electrons. The Hall–Kier alpha value is -2.44. The summed E-state index contributed by atoms with van der Waals surface area (Å²) >= 11 is 0. The Bertz CT molecular complexity index is 875. The quantitative estimate of drug-likeness (QED) is 0.601. The van der Waals surface area contributed by atoms with Crippen molar-refractivity contribution in [2.24, 2.45) is 0 Å². The minimum Gasteiger partial charge on any atom is -0.473 e. The first-order chi connectivity index (χ1) is 14.5. The van der Waals surface area contributed by atoms with Crippen LogP contribution in [0.2, 0.25) is 0 Å². The van der Waals surface area contributed by atoms with Crippen LogP contribution in [0.25, 0.3) is 5.57 Å². The summed E-state index contributed by atoms with van der Waals surface area (Å²) in [6.07, 6.45) is 3.82. The van der Waals surface area contributed by atoms with Gasteiger partial charge in [-0.05, 0) is 43.5 Å². The largest absolute Gasteiger partial charge is 0.473 e. The number of allylic oxidation sites excluding steroid dienone is 1. The van der Waals surface area contributed by atoms with Crippen LogP contribution in [-0.4, -0.2) is 30.4 Å². The molecule has 4 rings (SSSR count). The first-order valence-corrected chi connectivity index (χ1v) is 10.2. The van der Waals surface area contributed by atoms with Gasteiger partial charge in [-0.2, -0.15) is 0 Å². The summed E-state index contributed by atoms with van der Waals surface area (Å²) < 4.78 is 29.8. The average molecular weight is 408 g/mol. The zero-order valence-electron chi connectivity index (χ0n) is 17.6. The summed E-state index contributed by atoms with van der Waals surface area (Å²) in [5, 5.41) is 0. The highest BCUT2D eigenvalue weighted by atomic mass is 16.8. The van der Waals surface area contributed by atoms with Gasteiger partial charge in [-0.1, -0.05) is 60.7 Å². The second-order valence-electron chi connectivity index (χ2n) is 7.96. The van der Waals surface area contributed by atoms with Crippen LogP contribution >= 0.6 is 0 Å². The smallest absolute Gasteiger partial charge is 0.190 e. The van der Waals surface area contributed by atoms with Gasteiger partial charge < -0.3 is 23.7 Å². The zero-order chi connectivity index (χ0) is 21.0. The summed E-state index contributed by atoms with van der Waals surface area (Å²) in [7, 11) is 0. The summed E-state index contributed by atoms with van der Waals surface area (Å²) in [6, 6.07) is 20.1. The Labute approximate surface area is 177 Å². The molecule has 0 unspecified atom stereocenters. The monoisotopic (exact) mass is 408 g/mol. The van der Waals surface area contributed by atoms with Crippen molar-refractivity contribution in [2.45, 2.75) is 57.8 Å². The van der Waals surface area contributed by atoms with Crippen molar-refractivity contribution in [1.29, 1.82) is 0 Å². The molecule has 0 spiro atoms. The van der Waals surface area contributed by atoms with Crippen LogP contribution in [0.3, 0.4) is 0 Å². The van der Waals surface area contributed by atoms with Crippen molar-refractivity contribution in [1.82, 2.24) is 0 Å². The third kappa shape index (κ3) is 4.99. The fourth-order valence-electron chi connectivity index (χ4n) is 3.65. The first-order valence-electron chi connectivity index (χ1n) is 10.2. The van der Waals surface area contributed by atoms with Gasteiger partial charge in [0.05, 0.1) is 19.1 Å². The molecule has 5 heteroatoms. The minimum atomic E-state index is -0.690. The van der Waals surface area contributed by atoms with Crippen molar-refractivity contribution in [3.63, 3.8) is 0 Å². The molecule has 0 amide bonds. The molecule has 2 heterocycles. The molecule has 0 aliphatic carbocycles. The van der Waals surface area contributed by atoms with Crippen LogP contribution in [0.5, 0.6) is 0 Å². The van der Waals surface area contributed by atoms with E-state index in [0.717, 1.165) is 16.7 Å². The number of fused-ring (bicyclic) bond motifs is 1. The normalized spacial score (nSPS) is 28.0. The minimum absolute atomic E-state index is 0.292. The number of ether oxygens (including phenoxy) is 5. The molecule has 0 aromatic heterocycles. The summed E-state index contributed by atoms with van der Waals surface area (Å²) in [4.78, 5) is 0. The van der Waals surface area contributed by atoms with Gasteiger partial charge in [0, 0.05) is 0 Å². The lowest BCUT2D eigenvalue weighted by atomic mass is 10.1. The predicted octanol–water partition coefficient (Wildman–Crippen LogP) is 5.04. The number of hydrogen-bond acceptors (Lipinski definition) is 5. The predicted molar refractivity (Wildman–Crippen MR) is 114 cm³/mol. The maximum Gasteiger partial charge on any atom is 0.190 e. The van der Waals surface area contributed by atoms with Crippen LogP contribution in [0.1, 0.15) is 31.9 Å². The van der Waals surface area contributed by atoms with Gasteiger partial charge in [0.25, 0.3) is 0 Å². The van der Waals surface area contributed by atoms with E-state index in [9.17, 15) is 0 Å². The highest BCUT2D eigenvalue weighted by molar-refractivity contribution is 5.62. The van der Waals surface area contributed by atoms with E-state index < -0.39 is 12.1 Å². The van der Waals surface area contributed by atoms with Crippen LogP contribution in [0, 0.1) is 0 Å². The van der Waals surface area contributed by atoms with Crippen LogP contribution in [-0.2, 0) is 30.3 Å². The molecule has 2 aliphatic heterocycles. The number of rotatable bonds is 7. The van der Waals surface area contributed by atoms with Gasteiger partial charge in [0.2, 0.25) is 0 Å². The standard InChI is InChI=1S/C25H28O5/c1-18(20-12-8-5-9-13-20)16-26-15-14-21-22(27-17-19-10-6-4-7-11-19)23-24(28-21)30-25(2,3)29-23/h4-16,21-24H,17H2,1-3H3/b15-14+,18-16+/t21-,22+,23-,24-/m1/s1. The van der Waals surface area contributed by atoms with E-state index in [-0.39, 0.29) is 18.3 Å². The Kier molecular flexibility index (Phi) is 6.35. The molecule has 0 N–H and O–H groups in total. The highest BCUT2D eigenvalue weighted by Gasteiger charge is 2.54. The Balaban J connectivity index is 1.41. The van der Waals surface area contributed by atoms with Gasteiger partial charge in [-0.15, -0.1) is 0 Å². The van der Waals surface area contributed by atoms with Crippen molar-refractivity contribution in [3.05, 3.63) is 90.4 Å². The van der Waals surface area contributed by atoms with Crippen molar-refractivity contribution in [3.8, 4) is 0 Å². The molecule has 2 fully saturated rings. The maximum atomic E-state index is 6.20. The van der Waals surface area contributed by atoms with Gasteiger partial charge in [-0.3, -0.25) is 0 Å². The van der Waals surface area contributed by atoms with E-state index in [0.29, 0.717) is 6.61 Å². The topological polar surface area (TPSA) is 46.2 Å². The molecule has 30 heavy (non-hydrogen) atoms. The molecule has 2 saturated heterocycles. The van der Waals surface area contributed by atoms with Crippen LogP contribution in [0.15, 0.2) is 79.3 Å². The zero-order valence-corrected chi connectivity index (χ0v) is 17.6. The Morgan fingerprint density at radius 2 is 1.70 bits per heavy atom.